The lowest BCUT2D eigenvalue weighted by atomic mass is 10.1. The van der Waals surface area contributed by atoms with Gasteiger partial charge in [-0.25, -0.2) is 4.79 Å². The maximum Gasteiger partial charge on any atom is 0.405 e. The van der Waals surface area contributed by atoms with Gasteiger partial charge in [-0.2, -0.15) is 13.2 Å². The van der Waals surface area contributed by atoms with Gasteiger partial charge < -0.3 is 15.1 Å². The summed E-state index contributed by atoms with van der Waals surface area (Å²) in [5, 5.41) is 3.56. The van der Waals surface area contributed by atoms with Crippen molar-refractivity contribution in [3.63, 3.8) is 0 Å². The van der Waals surface area contributed by atoms with Gasteiger partial charge in [-0.15, -0.1) is 0 Å². The van der Waals surface area contributed by atoms with Crippen LogP contribution in [0.1, 0.15) is 11.1 Å². The molecule has 144 valence electrons. The van der Waals surface area contributed by atoms with E-state index in [1.807, 2.05) is 11.4 Å². The highest BCUT2D eigenvalue weighted by molar-refractivity contribution is 5.94. The quantitative estimate of drug-likeness (QED) is 0.516. The number of hydrogen-bond donors (Lipinski definition) is 4. The lowest BCUT2D eigenvalue weighted by Crippen LogP contribution is -3.28. The standard InChI is InChI=1S/C17H23F3N4O2/c1-13-3-2-4-14(9-13)10-23-5-7-24(8-6-23)11-15(25)22-16(26)21-12-17(18,19)20/h2-4,9H,5-8,10-12H2,1H3,(H2,21,22,25,26)/p+2. The van der Waals surface area contributed by atoms with E-state index in [9.17, 15) is 22.8 Å². The third kappa shape index (κ3) is 7.40. The van der Waals surface area contributed by atoms with Gasteiger partial charge in [-0.3, -0.25) is 10.1 Å². The maximum atomic E-state index is 12.0. The van der Waals surface area contributed by atoms with Crippen molar-refractivity contribution in [2.75, 3.05) is 39.3 Å². The number of rotatable bonds is 5. The molecule has 1 aromatic rings. The van der Waals surface area contributed by atoms with Crippen molar-refractivity contribution in [1.29, 1.82) is 0 Å². The average Bonchev–Trinajstić information content (AvgIpc) is 2.54. The van der Waals surface area contributed by atoms with Crippen LogP contribution in [-0.2, 0) is 11.3 Å². The molecule has 0 radical (unpaired) electrons. The molecular weight excluding hydrogens is 349 g/mol. The van der Waals surface area contributed by atoms with E-state index in [-0.39, 0.29) is 6.54 Å². The van der Waals surface area contributed by atoms with Gasteiger partial charge in [0.15, 0.2) is 6.54 Å². The molecule has 0 bridgehead atoms. The van der Waals surface area contributed by atoms with Crippen molar-refractivity contribution in [3.8, 4) is 0 Å². The molecule has 6 nitrogen and oxygen atoms in total. The second kappa shape index (κ2) is 9.00. The van der Waals surface area contributed by atoms with Crippen LogP contribution in [0.4, 0.5) is 18.0 Å². The molecule has 9 heteroatoms. The molecule has 1 fully saturated rings. The van der Waals surface area contributed by atoms with Crippen molar-refractivity contribution >= 4 is 11.9 Å². The molecule has 0 aliphatic carbocycles. The van der Waals surface area contributed by atoms with E-state index in [0.717, 1.165) is 37.6 Å². The number of amides is 3. The average molecular weight is 374 g/mol. The van der Waals surface area contributed by atoms with Gasteiger partial charge in [0.2, 0.25) is 0 Å². The molecule has 0 saturated carbocycles. The van der Waals surface area contributed by atoms with Crippen molar-refractivity contribution in [1.82, 2.24) is 10.6 Å². The van der Waals surface area contributed by atoms with Crippen molar-refractivity contribution < 1.29 is 32.6 Å². The number of carbonyl (C=O) groups excluding carboxylic acids is 2. The summed E-state index contributed by atoms with van der Waals surface area (Å²) < 4.78 is 36.0. The highest BCUT2D eigenvalue weighted by atomic mass is 19.4. The Balaban J connectivity index is 1.68. The Morgan fingerprint density at radius 1 is 1.12 bits per heavy atom. The van der Waals surface area contributed by atoms with Crippen LogP contribution in [0, 0.1) is 6.92 Å². The Labute approximate surface area is 150 Å². The number of aryl methyl sites for hydroxylation is 1. The van der Waals surface area contributed by atoms with E-state index in [4.69, 9.17) is 0 Å². The second-order valence-corrected chi connectivity index (χ2v) is 6.69. The van der Waals surface area contributed by atoms with Crippen LogP contribution < -0.4 is 20.4 Å². The van der Waals surface area contributed by atoms with Crippen LogP contribution in [-0.4, -0.2) is 57.4 Å². The van der Waals surface area contributed by atoms with E-state index >= 15 is 0 Å². The van der Waals surface area contributed by atoms with Gasteiger partial charge in [-0.1, -0.05) is 29.8 Å². The monoisotopic (exact) mass is 374 g/mol. The first-order valence-corrected chi connectivity index (χ1v) is 8.58. The van der Waals surface area contributed by atoms with E-state index in [1.54, 1.807) is 5.32 Å². The van der Waals surface area contributed by atoms with Crippen LogP contribution in [0.2, 0.25) is 0 Å². The van der Waals surface area contributed by atoms with E-state index < -0.39 is 24.7 Å². The largest absolute Gasteiger partial charge is 0.405 e. The number of benzene rings is 1. The summed E-state index contributed by atoms with van der Waals surface area (Å²) in [6.07, 6.45) is -4.50. The van der Waals surface area contributed by atoms with Crippen LogP contribution in [0.3, 0.4) is 0 Å². The summed E-state index contributed by atoms with van der Waals surface area (Å²) in [4.78, 5) is 25.5. The first kappa shape index (κ1) is 20.2. The van der Waals surface area contributed by atoms with E-state index in [1.165, 1.54) is 16.0 Å². The summed E-state index contributed by atoms with van der Waals surface area (Å²) in [5.41, 5.74) is 2.51. The number of halogens is 3. The Kier molecular flexibility index (Phi) is 6.98. The minimum absolute atomic E-state index is 0.0805. The Hall–Kier alpha value is -2.13. The van der Waals surface area contributed by atoms with Crippen LogP contribution in [0.5, 0.6) is 0 Å². The van der Waals surface area contributed by atoms with Crippen molar-refractivity contribution in [3.05, 3.63) is 35.4 Å². The predicted octanol–water partition coefficient (Wildman–Crippen LogP) is -1.33. The van der Waals surface area contributed by atoms with Gasteiger partial charge in [0, 0.05) is 5.56 Å². The topological polar surface area (TPSA) is 67.1 Å². The van der Waals surface area contributed by atoms with E-state index in [2.05, 4.69) is 25.1 Å². The smallest absolute Gasteiger partial charge is 0.329 e. The van der Waals surface area contributed by atoms with Gasteiger partial charge in [-0.05, 0) is 6.92 Å². The molecular formula is C17H25F3N4O2+2. The third-order valence-corrected chi connectivity index (χ3v) is 4.31. The lowest BCUT2D eigenvalue weighted by Gasteiger charge is -2.29. The number of quaternary nitrogens is 2. The number of piperazine rings is 1. The van der Waals surface area contributed by atoms with Crippen LogP contribution in [0.25, 0.3) is 0 Å². The van der Waals surface area contributed by atoms with Crippen LogP contribution in [0.15, 0.2) is 24.3 Å². The number of urea groups is 1. The van der Waals surface area contributed by atoms with Gasteiger partial charge in [0.25, 0.3) is 5.91 Å². The third-order valence-electron chi connectivity index (χ3n) is 4.31. The Morgan fingerprint density at radius 2 is 1.77 bits per heavy atom. The molecule has 1 aliphatic rings. The fourth-order valence-corrected chi connectivity index (χ4v) is 3.04. The zero-order valence-electron chi connectivity index (χ0n) is 14.7. The zero-order chi connectivity index (χ0) is 19.2. The van der Waals surface area contributed by atoms with Gasteiger partial charge in [0.1, 0.15) is 39.3 Å². The molecule has 0 atom stereocenters. The lowest BCUT2D eigenvalue weighted by molar-refractivity contribution is -1.02. The first-order chi connectivity index (χ1) is 12.2. The second-order valence-electron chi connectivity index (χ2n) is 6.69. The molecule has 1 aliphatic heterocycles. The summed E-state index contributed by atoms with van der Waals surface area (Å²) >= 11 is 0. The Bertz CT molecular complexity index is 629. The molecule has 0 spiro atoms. The zero-order valence-corrected chi connectivity index (χ0v) is 14.7. The molecule has 0 aromatic heterocycles. The molecule has 4 N–H and O–H groups in total. The normalized spacial score (nSPS) is 20.5. The number of alkyl halides is 3. The predicted molar refractivity (Wildman–Crippen MR) is 88.7 cm³/mol. The fraction of sp³-hybridized carbons (Fsp3) is 0.529. The first-order valence-electron chi connectivity index (χ1n) is 8.58. The van der Waals surface area contributed by atoms with Crippen LogP contribution >= 0.6 is 0 Å². The number of imide groups is 1. The highest BCUT2D eigenvalue weighted by Crippen LogP contribution is 2.11. The van der Waals surface area contributed by atoms with E-state index in [0.29, 0.717) is 0 Å². The van der Waals surface area contributed by atoms with Crippen molar-refractivity contribution in [2.24, 2.45) is 0 Å². The minimum atomic E-state index is -4.50. The number of carbonyl (C=O) groups is 2. The molecule has 3 amide bonds. The maximum absolute atomic E-state index is 12.0. The molecule has 1 heterocycles. The SMILES string of the molecule is Cc1cccc(C[NH+]2CC[NH+](CC(=O)NC(=O)NCC(F)(F)F)CC2)c1. The minimum Gasteiger partial charge on any atom is -0.329 e. The molecule has 0 unspecified atom stereocenters. The summed E-state index contributed by atoms with van der Waals surface area (Å²) in [6, 6.07) is 7.26. The fourth-order valence-electron chi connectivity index (χ4n) is 3.04. The highest BCUT2D eigenvalue weighted by Gasteiger charge is 2.29. The molecule has 2 rings (SSSR count). The number of nitrogens with one attached hydrogen (secondary N) is 4. The van der Waals surface area contributed by atoms with Gasteiger partial charge in [0.05, 0.1) is 0 Å². The molecule has 1 aromatic carbocycles. The van der Waals surface area contributed by atoms with Gasteiger partial charge >= 0.3 is 12.2 Å². The van der Waals surface area contributed by atoms with Crippen molar-refractivity contribution in [2.45, 2.75) is 19.6 Å². The summed E-state index contributed by atoms with van der Waals surface area (Å²) in [6.45, 7) is 4.97. The molecule has 26 heavy (non-hydrogen) atoms. The number of hydrogen-bond acceptors (Lipinski definition) is 2. The molecule has 1 saturated heterocycles. The summed E-state index contributed by atoms with van der Waals surface area (Å²) in [5.74, 6) is -0.568. The summed E-state index contributed by atoms with van der Waals surface area (Å²) in [7, 11) is 0. The Morgan fingerprint density at radius 3 is 2.38 bits per heavy atom.